The van der Waals surface area contributed by atoms with E-state index in [2.05, 4.69) is 15.4 Å². The molecule has 4 rings (SSSR count). The average Bonchev–Trinajstić information content (AvgIpc) is 3.03. The van der Waals surface area contributed by atoms with Gasteiger partial charge in [0.05, 0.1) is 5.39 Å². The van der Waals surface area contributed by atoms with Crippen LogP contribution in [0.25, 0.3) is 27.8 Å². The number of anilines is 1. The molecule has 0 saturated carbocycles. The summed E-state index contributed by atoms with van der Waals surface area (Å²) < 4.78 is 15.1. The number of hydrazine groups is 1. The number of aromatic nitrogens is 3. The van der Waals surface area contributed by atoms with Crippen molar-refractivity contribution in [1.29, 1.82) is 0 Å². The average molecular weight is 354 g/mol. The molecule has 0 spiro atoms. The van der Waals surface area contributed by atoms with Crippen LogP contribution in [0.5, 0.6) is 0 Å². The quantitative estimate of drug-likeness (QED) is 0.428. The van der Waals surface area contributed by atoms with Crippen molar-refractivity contribution in [3.05, 3.63) is 71.9 Å². The zero-order valence-corrected chi connectivity index (χ0v) is 13.7. The lowest BCUT2D eigenvalue weighted by atomic mass is 10.1. The van der Waals surface area contributed by atoms with Gasteiger partial charge in [-0.25, -0.2) is 20.2 Å². The Bertz CT molecular complexity index is 1040. The van der Waals surface area contributed by atoms with Gasteiger partial charge in [0.25, 0.3) is 0 Å². The first-order valence-electron chi connectivity index (χ1n) is 7.52. The molecule has 5 nitrogen and oxygen atoms in total. The van der Waals surface area contributed by atoms with E-state index in [4.69, 9.17) is 17.4 Å². The third-order valence-electron chi connectivity index (χ3n) is 3.98. The smallest absolute Gasteiger partial charge is 0.153 e. The molecule has 25 heavy (non-hydrogen) atoms. The normalized spacial score (nSPS) is 11.0. The van der Waals surface area contributed by atoms with Gasteiger partial charge in [-0.2, -0.15) is 0 Å². The molecule has 2 aromatic carbocycles. The molecule has 0 bridgehead atoms. The molecule has 4 aromatic rings. The van der Waals surface area contributed by atoms with Crippen molar-refractivity contribution in [2.45, 2.75) is 0 Å². The molecule has 0 radical (unpaired) electrons. The first-order valence-corrected chi connectivity index (χ1v) is 7.90. The molecule has 124 valence electrons. The highest BCUT2D eigenvalue weighted by molar-refractivity contribution is 6.30. The molecule has 0 saturated heterocycles. The minimum Gasteiger partial charge on any atom is -0.308 e. The monoisotopic (exact) mass is 353 g/mol. The number of nitrogens with one attached hydrogen (secondary N) is 1. The van der Waals surface area contributed by atoms with Crippen LogP contribution >= 0.6 is 11.6 Å². The largest absolute Gasteiger partial charge is 0.308 e. The second-order valence-electron chi connectivity index (χ2n) is 5.46. The molecule has 0 atom stereocenters. The fraction of sp³-hybridized carbons (Fsp3) is 0. The van der Waals surface area contributed by atoms with Gasteiger partial charge in [-0.3, -0.25) is 0 Å². The number of benzene rings is 2. The summed E-state index contributed by atoms with van der Waals surface area (Å²) in [6.07, 6.45) is 3.36. The van der Waals surface area contributed by atoms with Gasteiger partial charge in [0.2, 0.25) is 0 Å². The molecular weight excluding hydrogens is 341 g/mol. The van der Waals surface area contributed by atoms with Crippen LogP contribution in [0.4, 0.5) is 10.2 Å². The molecule has 7 heteroatoms. The highest BCUT2D eigenvalue weighted by Gasteiger charge is 2.17. The Labute approximate surface area is 147 Å². The van der Waals surface area contributed by atoms with Crippen LogP contribution in [0, 0.1) is 5.82 Å². The number of nitrogens with zero attached hydrogens (tertiary/aromatic N) is 3. The van der Waals surface area contributed by atoms with Crippen molar-refractivity contribution in [3.8, 4) is 16.8 Å². The summed E-state index contributed by atoms with van der Waals surface area (Å²) >= 11 is 5.99. The topological polar surface area (TPSA) is 68.8 Å². The molecule has 3 N–H and O–H groups in total. The zero-order chi connectivity index (χ0) is 17.4. The Kier molecular flexibility index (Phi) is 3.83. The van der Waals surface area contributed by atoms with Crippen molar-refractivity contribution in [3.63, 3.8) is 0 Å². The predicted molar refractivity (Wildman–Crippen MR) is 97.1 cm³/mol. The third kappa shape index (κ3) is 2.71. The highest BCUT2D eigenvalue weighted by atomic mass is 35.5. The van der Waals surface area contributed by atoms with E-state index in [-0.39, 0.29) is 5.82 Å². The summed E-state index contributed by atoms with van der Waals surface area (Å²) in [5, 5.41) is 1.43. The van der Waals surface area contributed by atoms with Crippen molar-refractivity contribution in [2.24, 2.45) is 5.84 Å². The van der Waals surface area contributed by atoms with Crippen molar-refractivity contribution >= 4 is 28.5 Å². The van der Waals surface area contributed by atoms with Crippen LogP contribution in [-0.4, -0.2) is 14.5 Å². The number of rotatable bonds is 3. The van der Waals surface area contributed by atoms with Crippen LogP contribution in [0.2, 0.25) is 5.02 Å². The SMILES string of the molecule is NNc1ncnc2c1c(-c1ccc(Cl)cc1)cn2-c1ccc(F)cc1. The number of nitrogens with two attached hydrogens (primary N) is 1. The van der Waals surface area contributed by atoms with E-state index < -0.39 is 0 Å². The molecule has 2 heterocycles. The summed E-state index contributed by atoms with van der Waals surface area (Å²) in [6.45, 7) is 0. The number of hydrogen-bond acceptors (Lipinski definition) is 4. The van der Waals surface area contributed by atoms with E-state index in [1.54, 1.807) is 12.1 Å². The van der Waals surface area contributed by atoms with Crippen LogP contribution in [0.15, 0.2) is 61.1 Å². The van der Waals surface area contributed by atoms with Gasteiger partial charge in [-0.1, -0.05) is 23.7 Å². The minimum absolute atomic E-state index is 0.294. The van der Waals surface area contributed by atoms with Crippen molar-refractivity contribution < 1.29 is 4.39 Å². The summed E-state index contributed by atoms with van der Waals surface area (Å²) in [7, 11) is 0. The standard InChI is InChI=1S/C18H13ClFN5/c19-12-3-1-11(2-4-12)15-9-25(14-7-5-13(20)6-8-14)18-16(15)17(24-21)22-10-23-18/h1-10H,21H2,(H,22,23,24). The van der Waals surface area contributed by atoms with Crippen LogP contribution < -0.4 is 11.3 Å². The van der Waals surface area contributed by atoms with Gasteiger partial charge in [-0.05, 0) is 42.0 Å². The third-order valence-corrected chi connectivity index (χ3v) is 4.23. The van der Waals surface area contributed by atoms with E-state index in [0.717, 1.165) is 22.2 Å². The summed E-state index contributed by atoms with van der Waals surface area (Å²) in [5.74, 6) is 5.85. The van der Waals surface area contributed by atoms with Gasteiger partial charge in [0.1, 0.15) is 12.1 Å². The summed E-state index contributed by atoms with van der Waals surface area (Å²) in [4.78, 5) is 8.59. The summed E-state index contributed by atoms with van der Waals surface area (Å²) in [6, 6.07) is 13.7. The Balaban J connectivity index is 2.02. The van der Waals surface area contributed by atoms with E-state index in [9.17, 15) is 4.39 Å². The molecule has 2 aromatic heterocycles. The molecular formula is C18H13ClFN5. The second kappa shape index (κ2) is 6.16. The van der Waals surface area contributed by atoms with Gasteiger partial charge in [-0.15, -0.1) is 0 Å². The van der Waals surface area contributed by atoms with E-state index >= 15 is 0 Å². The molecule has 0 unspecified atom stereocenters. The Hall–Kier alpha value is -2.96. The Morgan fingerprint density at radius 3 is 2.40 bits per heavy atom. The number of hydrogen-bond donors (Lipinski definition) is 2. The van der Waals surface area contributed by atoms with Crippen LogP contribution in [-0.2, 0) is 0 Å². The first-order chi connectivity index (χ1) is 12.2. The fourth-order valence-corrected chi connectivity index (χ4v) is 2.94. The van der Waals surface area contributed by atoms with Crippen molar-refractivity contribution in [1.82, 2.24) is 14.5 Å². The van der Waals surface area contributed by atoms with E-state index in [1.807, 2.05) is 35.0 Å². The molecule has 0 aliphatic heterocycles. The lowest BCUT2D eigenvalue weighted by Gasteiger charge is -2.05. The predicted octanol–water partition coefficient (Wildman–Crippen LogP) is 4.17. The first kappa shape index (κ1) is 15.6. The van der Waals surface area contributed by atoms with E-state index in [1.165, 1.54) is 18.5 Å². The van der Waals surface area contributed by atoms with Crippen molar-refractivity contribution in [2.75, 3.05) is 5.43 Å². The van der Waals surface area contributed by atoms with Gasteiger partial charge in [0, 0.05) is 22.5 Å². The van der Waals surface area contributed by atoms with Gasteiger partial charge in [0.15, 0.2) is 11.5 Å². The fourth-order valence-electron chi connectivity index (χ4n) is 2.82. The lowest BCUT2D eigenvalue weighted by molar-refractivity contribution is 0.627. The lowest BCUT2D eigenvalue weighted by Crippen LogP contribution is -2.09. The zero-order valence-electron chi connectivity index (χ0n) is 12.9. The molecule has 0 aliphatic rings. The highest BCUT2D eigenvalue weighted by Crippen LogP contribution is 2.35. The Morgan fingerprint density at radius 1 is 1.00 bits per heavy atom. The second-order valence-corrected chi connectivity index (χ2v) is 5.90. The molecule has 0 fully saturated rings. The molecule has 0 amide bonds. The number of nitrogen functional groups attached to an aromatic ring is 1. The van der Waals surface area contributed by atoms with Crippen LogP contribution in [0.1, 0.15) is 0 Å². The number of halogens is 2. The van der Waals surface area contributed by atoms with Gasteiger partial charge >= 0.3 is 0 Å². The maximum absolute atomic E-state index is 13.3. The maximum atomic E-state index is 13.3. The van der Waals surface area contributed by atoms with E-state index in [0.29, 0.717) is 16.5 Å². The Morgan fingerprint density at radius 2 is 1.72 bits per heavy atom. The summed E-state index contributed by atoms with van der Waals surface area (Å²) in [5.41, 5.74) is 5.91. The molecule has 0 aliphatic carbocycles. The van der Waals surface area contributed by atoms with Crippen LogP contribution in [0.3, 0.4) is 0 Å². The number of fused-ring (bicyclic) bond motifs is 1. The maximum Gasteiger partial charge on any atom is 0.153 e. The van der Waals surface area contributed by atoms with Gasteiger partial charge < -0.3 is 9.99 Å². The minimum atomic E-state index is -0.294.